The molecule has 0 saturated heterocycles. The average Bonchev–Trinajstić information content (AvgIpc) is 2.50. The van der Waals surface area contributed by atoms with E-state index in [2.05, 4.69) is 58.4 Å². The minimum Gasteiger partial charge on any atom is -0.465 e. The lowest BCUT2D eigenvalue weighted by Crippen LogP contribution is -2.36. The monoisotopic (exact) mass is 494 g/mol. The molecule has 0 amide bonds. The van der Waals surface area contributed by atoms with Gasteiger partial charge in [-0.05, 0) is 65.5 Å². The third-order valence-electron chi connectivity index (χ3n) is 4.17. The van der Waals surface area contributed by atoms with Gasteiger partial charge in [0.2, 0.25) is 0 Å². The number of halogens is 2. The van der Waals surface area contributed by atoms with E-state index in [1.54, 1.807) is 0 Å². The second kappa shape index (κ2) is 8.60. The molecule has 1 aromatic carbocycles. The molecule has 3 nitrogen and oxygen atoms in total. The molecule has 1 unspecified atom stereocenters. The molecule has 0 N–H and O–H groups in total. The Kier molecular flexibility index (Phi) is 7.71. The Morgan fingerprint density at radius 3 is 2.39 bits per heavy atom. The maximum Gasteiger partial charge on any atom is 0.302 e. The molecule has 0 bridgehead atoms. The summed E-state index contributed by atoms with van der Waals surface area (Å²) >= 11 is 5.58. The van der Waals surface area contributed by atoms with E-state index in [4.69, 9.17) is 4.74 Å². The van der Waals surface area contributed by atoms with Crippen LogP contribution in [0, 0.1) is 8.99 Å². The number of rotatable bonds is 8. The molecule has 0 aliphatic carbocycles. The Morgan fingerprint density at radius 2 is 1.87 bits per heavy atom. The fourth-order valence-electron chi connectivity index (χ4n) is 2.38. The van der Waals surface area contributed by atoms with Gasteiger partial charge in [-0.25, -0.2) is 0 Å². The van der Waals surface area contributed by atoms with Crippen molar-refractivity contribution in [3.63, 3.8) is 0 Å². The van der Waals surface area contributed by atoms with Crippen LogP contribution >= 0.6 is 38.5 Å². The second-order valence-electron chi connectivity index (χ2n) is 6.84. The van der Waals surface area contributed by atoms with E-state index in [9.17, 15) is 9.59 Å². The van der Waals surface area contributed by atoms with Crippen molar-refractivity contribution in [1.82, 2.24) is 0 Å². The van der Waals surface area contributed by atoms with Gasteiger partial charge in [-0.3, -0.25) is 9.59 Å². The SMILES string of the molecule is CC(=O)OCC(C)(C)CCC(C)(C(=O)CBr)c1cccc(I)c1. The number of hydrogen-bond donors (Lipinski definition) is 0. The summed E-state index contributed by atoms with van der Waals surface area (Å²) in [5.41, 5.74) is 0.330. The molecule has 0 aromatic heterocycles. The van der Waals surface area contributed by atoms with Gasteiger partial charge in [0, 0.05) is 10.5 Å². The van der Waals surface area contributed by atoms with E-state index in [0.717, 1.165) is 15.6 Å². The van der Waals surface area contributed by atoms with Crippen molar-refractivity contribution in [2.75, 3.05) is 11.9 Å². The highest BCUT2D eigenvalue weighted by Gasteiger charge is 2.36. The number of alkyl halides is 1. The number of carbonyl (C=O) groups excluding carboxylic acids is 2. The van der Waals surface area contributed by atoms with Gasteiger partial charge in [0.25, 0.3) is 0 Å². The Morgan fingerprint density at radius 1 is 1.22 bits per heavy atom. The number of hydrogen-bond acceptors (Lipinski definition) is 3. The highest BCUT2D eigenvalue weighted by Crippen LogP contribution is 2.36. The molecule has 0 fully saturated rings. The first kappa shape index (κ1) is 20.6. The van der Waals surface area contributed by atoms with Gasteiger partial charge in [0.1, 0.15) is 0 Å². The Bertz CT molecular complexity index is 571. The topological polar surface area (TPSA) is 43.4 Å². The second-order valence-corrected chi connectivity index (χ2v) is 8.65. The normalized spacial score (nSPS) is 14.2. The molecule has 0 spiro atoms. The van der Waals surface area contributed by atoms with Crippen LogP contribution in [-0.4, -0.2) is 23.7 Å². The van der Waals surface area contributed by atoms with Crippen LogP contribution in [0.5, 0.6) is 0 Å². The average molecular weight is 495 g/mol. The molecule has 128 valence electrons. The van der Waals surface area contributed by atoms with Gasteiger partial charge < -0.3 is 4.74 Å². The van der Waals surface area contributed by atoms with E-state index in [0.29, 0.717) is 18.4 Å². The summed E-state index contributed by atoms with van der Waals surface area (Å²) in [5.74, 6) is -0.0993. The summed E-state index contributed by atoms with van der Waals surface area (Å²) in [6.45, 7) is 7.91. The largest absolute Gasteiger partial charge is 0.465 e. The van der Waals surface area contributed by atoms with Gasteiger partial charge in [0.15, 0.2) is 5.78 Å². The minimum atomic E-state index is -0.543. The van der Waals surface area contributed by atoms with Crippen molar-refractivity contribution >= 4 is 50.3 Å². The van der Waals surface area contributed by atoms with Crippen LogP contribution in [0.25, 0.3) is 0 Å². The zero-order valence-corrected chi connectivity index (χ0v) is 17.9. The lowest BCUT2D eigenvalue weighted by atomic mass is 9.72. The van der Waals surface area contributed by atoms with Crippen molar-refractivity contribution in [2.45, 2.75) is 46.0 Å². The van der Waals surface area contributed by atoms with Crippen LogP contribution in [0.1, 0.15) is 46.1 Å². The first-order valence-electron chi connectivity index (χ1n) is 7.59. The number of ether oxygens (including phenoxy) is 1. The molecule has 0 saturated carbocycles. The molecule has 1 aromatic rings. The lowest BCUT2D eigenvalue weighted by Gasteiger charge is -2.33. The fraction of sp³-hybridized carbons (Fsp3) is 0.556. The van der Waals surface area contributed by atoms with E-state index < -0.39 is 5.41 Å². The fourth-order valence-corrected chi connectivity index (χ4v) is 3.54. The number of carbonyl (C=O) groups is 2. The molecule has 1 atom stereocenters. The Hall–Kier alpha value is -0.430. The minimum absolute atomic E-state index is 0.165. The van der Waals surface area contributed by atoms with Gasteiger partial charge >= 0.3 is 5.97 Å². The quantitative estimate of drug-likeness (QED) is 0.294. The first-order chi connectivity index (χ1) is 10.6. The smallest absolute Gasteiger partial charge is 0.302 e. The van der Waals surface area contributed by atoms with E-state index >= 15 is 0 Å². The van der Waals surface area contributed by atoms with Crippen LogP contribution in [0.2, 0.25) is 0 Å². The molecule has 1 rings (SSSR count). The molecular weight excluding hydrogens is 471 g/mol. The first-order valence-corrected chi connectivity index (χ1v) is 9.79. The maximum atomic E-state index is 12.6. The zero-order chi connectivity index (χ0) is 17.7. The van der Waals surface area contributed by atoms with Gasteiger partial charge in [-0.2, -0.15) is 0 Å². The summed E-state index contributed by atoms with van der Waals surface area (Å²) in [5, 5.41) is 0.333. The summed E-state index contributed by atoms with van der Waals surface area (Å²) < 4.78 is 6.27. The van der Waals surface area contributed by atoms with Gasteiger partial charge in [-0.15, -0.1) is 0 Å². The summed E-state index contributed by atoms with van der Waals surface area (Å²) in [7, 11) is 0. The van der Waals surface area contributed by atoms with Crippen LogP contribution < -0.4 is 0 Å². The van der Waals surface area contributed by atoms with Crippen molar-refractivity contribution in [3.05, 3.63) is 33.4 Å². The molecule has 0 heterocycles. The Labute approximate surface area is 160 Å². The standard InChI is InChI=1S/C18H24BrIO3/c1-13(21)23-12-17(2,3)8-9-18(4,16(22)11-19)14-6-5-7-15(20)10-14/h5-7,10H,8-9,11-12H2,1-4H3. The van der Waals surface area contributed by atoms with Gasteiger partial charge in [0.05, 0.1) is 17.4 Å². The molecule has 23 heavy (non-hydrogen) atoms. The van der Waals surface area contributed by atoms with Crippen molar-refractivity contribution < 1.29 is 14.3 Å². The summed E-state index contributed by atoms with van der Waals surface area (Å²) in [4.78, 5) is 23.6. The Balaban J connectivity index is 2.95. The highest BCUT2D eigenvalue weighted by molar-refractivity contribution is 14.1. The van der Waals surface area contributed by atoms with Crippen LogP contribution in [0.15, 0.2) is 24.3 Å². The van der Waals surface area contributed by atoms with Crippen LogP contribution in [-0.2, 0) is 19.7 Å². The van der Waals surface area contributed by atoms with Gasteiger partial charge in [-0.1, -0.05) is 41.9 Å². The third-order valence-corrected chi connectivity index (χ3v) is 5.35. The molecule has 0 aliphatic heterocycles. The molecule has 0 radical (unpaired) electrons. The summed E-state index contributed by atoms with van der Waals surface area (Å²) in [6.07, 6.45) is 1.51. The number of benzene rings is 1. The van der Waals surface area contributed by atoms with Crippen molar-refractivity contribution in [3.8, 4) is 0 Å². The predicted octanol–water partition coefficient (Wildman–Crippen LogP) is 4.88. The van der Waals surface area contributed by atoms with E-state index in [1.807, 2.05) is 25.1 Å². The third kappa shape index (κ3) is 6.18. The van der Waals surface area contributed by atoms with Crippen molar-refractivity contribution in [2.24, 2.45) is 5.41 Å². The number of ketones is 1. The summed E-state index contributed by atoms with van der Waals surface area (Å²) in [6, 6.07) is 8.09. The molecule has 0 aliphatic rings. The molecular formula is C18H24BrIO3. The highest BCUT2D eigenvalue weighted by atomic mass is 127. The van der Waals surface area contributed by atoms with Crippen LogP contribution in [0.3, 0.4) is 0 Å². The molecule has 5 heteroatoms. The van der Waals surface area contributed by atoms with Crippen molar-refractivity contribution in [1.29, 1.82) is 0 Å². The van der Waals surface area contributed by atoms with Crippen LogP contribution in [0.4, 0.5) is 0 Å². The maximum absolute atomic E-state index is 12.6. The van der Waals surface area contributed by atoms with E-state index in [-0.39, 0.29) is 17.2 Å². The number of Topliss-reactive ketones (excluding diaryl/α,β-unsaturated/α-hetero) is 1. The zero-order valence-electron chi connectivity index (χ0n) is 14.1. The number of esters is 1. The lowest BCUT2D eigenvalue weighted by molar-refractivity contribution is -0.144. The van der Waals surface area contributed by atoms with E-state index in [1.165, 1.54) is 6.92 Å². The predicted molar refractivity (Wildman–Crippen MR) is 105 cm³/mol.